The first-order valence-electron chi connectivity index (χ1n) is 22.2. The van der Waals surface area contributed by atoms with Crippen molar-refractivity contribution in [2.45, 2.75) is 207 Å². The predicted octanol–water partition coefficient (Wildman–Crippen LogP) is 5.39. The summed E-state index contributed by atoms with van der Waals surface area (Å²) in [7, 11) is 0. The van der Waals surface area contributed by atoms with Crippen molar-refractivity contribution in [3.05, 3.63) is 60.2 Å². The van der Waals surface area contributed by atoms with Crippen LogP contribution in [0, 0.1) is 0 Å². The van der Waals surface area contributed by atoms with Crippen molar-refractivity contribution in [1.82, 2.24) is 10.6 Å². The van der Waals surface area contributed by atoms with Gasteiger partial charge in [-0.1, -0.05) is 155 Å². The van der Waals surface area contributed by atoms with Gasteiger partial charge in [0, 0.05) is 50.2 Å². The van der Waals surface area contributed by atoms with Gasteiger partial charge in [-0.25, -0.2) is 9.13 Å². The van der Waals surface area contributed by atoms with Gasteiger partial charge in [-0.3, -0.25) is 9.59 Å². The number of hydrogen-bond acceptors (Lipinski definition) is 2. The van der Waals surface area contributed by atoms with Crippen LogP contribution >= 0.6 is 0 Å². The number of rotatable bonds is 35. The topological polar surface area (TPSA) is 66.0 Å². The second kappa shape index (κ2) is 38.1. The van der Waals surface area contributed by atoms with E-state index in [1.54, 1.807) is 0 Å². The molecule has 8 heteroatoms. The molecule has 54 heavy (non-hydrogen) atoms. The molecule has 0 aliphatic carbocycles. The fourth-order valence-corrected chi connectivity index (χ4v) is 7.00. The van der Waals surface area contributed by atoms with Crippen molar-refractivity contribution in [2.75, 3.05) is 13.1 Å². The first-order chi connectivity index (χ1) is 25.6. The summed E-state index contributed by atoms with van der Waals surface area (Å²) >= 11 is 0. The van der Waals surface area contributed by atoms with Gasteiger partial charge in [-0.15, -0.1) is 0 Å². The molecule has 2 aromatic heterocycles. The number of carbonyl (C=O) groups excluding carboxylic acids is 2. The molecule has 2 amide bonds. The van der Waals surface area contributed by atoms with Crippen molar-refractivity contribution < 1.29 is 52.7 Å². The molecule has 0 bridgehead atoms. The van der Waals surface area contributed by atoms with Crippen molar-refractivity contribution in [3.8, 4) is 0 Å². The van der Waals surface area contributed by atoms with Crippen LogP contribution in [-0.4, -0.2) is 24.9 Å². The van der Waals surface area contributed by atoms with Crippen molar-refractivity contribution >= 4 is 11.8 Å². The van der Waals surface area contributed by atoms with E-state index >= 15 is 0 Å². The SMILES string of the molecule is CCCCCCCCCCCCCC[n+]1ccc(C(=O)NCCCCCCNC(=O)c2cc[n+](CCCCCCCCCCCCCC)cc2)cc1.[Br-].[Br-]. The van der Waals surface area contributed by atoms with E-state index in [0.717, 1.165) is 49.9 Å². The summed E-state index contributed by atoms with van der Waals surface area (Å²) in [6.07, 6.45) is 44.8. The highest BCUT2D eigenvalue weighted by atomic mass is 79.9. The van der Waals surface area contributed by atoms with Crippen LogP contribution in [0.15, 0.2) is 49.1 Å². The number of unbranched alkanes of at least 4 members (excludes halogenated alkanes) is 25. The summed E-state index contributed by atoms with van der Waals surface area (Å²) < 4.78 is 4.39. The summed E-state index contributed by atoms with van der Waals surface area (Å²) in [6, 6.07) is 7.74. The number of pyridine rings is 2. The number of hydrogen-bond donors (Lipinski definition) is 2. The van der Waals surface area contributed by atoms with E-state index in [1.165, 1.54) is 154 Å². The third-order valence-corrected chi connectivity index (χ3v) is 10.5. The largest absolute Gasteiger partial charge is 1.00 e. The average Bonchev–Trinajstić information content (AvgIpc) is 3.17. The molecule has 0 saturated heterocycles. The minimum absolute atomic E-state index is 0. The molecule has 0 radical (unpaired) electrons. The molecule has 2 rings (SSSR count). The summed E-state index contributed by atoms with van der Waals surface area (Å²) in [5.41, 5.74) is 1.45. The normalized spacial score (nSPS) is 10.8. The number of nitrogens with one attached hydrogen (secondary N) is 2. The Morgan fingerprint density at radius 1 is 0.389 bits per heavy atom. The van der Waals surface area contributed by atoms with Crippen molar-refractivity contribution in [2.24, 2.45) is 0 Å². The number of carbonyl (C=O) groups is 2. The second-order valence-electron chi connectivity index (χ2n) is 15.4. The maximum absolute atomic E-state index is 12.6. The summed E-state index contributed by atoms with van der Waals surface area (Å²) in [5, 5.41) is 6.12. The molecule has 0 saturated carbocycles. The quantitative estimate of drug-likeness (QED) is 0.0722. The van der Waals surface area contributed by atoms with Gasteiger partial charge in [0.1, 0.15) is 13.1 Å². The molecule has 0 aliphatic rings. The van der Waals surface area contributed by atoms with Crippen LogP contribution in [-0.2, 0) is 13.1 Å². The second-order valence-corrected chi connectivity index (χ2v) is 15.4. The Morgan fingerprint density at radius 2 is 0.630 bits per heavy atom. The van der Waals surface area contributed by atoms with Crippen LogP contribution in [0.5, 0.6) is 0 Å². The van der Waals surface area contributed by atoms with Crippen LogP contribution in [0.4, 0.5) is 0 Å². The lowest BCUT2D eigenvalue weighted by atomic mass is 10.1. The number of aromatic nitrogens is 2. The lowest BCUT2D eigenvalue weighted by molar-refractivity contribution is -0.697. The van der Waals surface area contributed by atoms with Crippen molar-refractivity contribution in [3.63, 3.8) is 0 Å². The van der Waals surface area contributed by atoms with Gasteiger partial charge in [0.2, 0.25) is 0 Å². The zero-order valence-corrected chi connectivity index (χ0v) is 37.9. The molecule has 2 heterocycles. The molecule has 6 nitrogen and oxygen atoms in total. The molecule has 2 N–H and O–H groups in total. The van der Waals surface area contributed by atoms with E-state index < -0.39 is 0 Å². The van der Waals surface area contributed by atoms with Gasteiger partial charge in [0.15, 0.2) is 24.8 Å². The Bertz CT molecular complexity index is 1040. The maximum atomic E-state index is 12.6. The number of nitrogens with zero attached hydrogens (tertiary/aromatic N) is 2. The lowest BCUT2D eigenvalue weighted by Crippen LogP contribution is -3.00. The maximum Gasteiger partial charge on any atom is 0.251 e. The molecule has 2 aromatic rings. The zero-order valence-electron chi connectivity index (χ0n) is 34.7. The van der Waals surface area contributed by atoms with Crippen LogP contribution in [0.25, 0.3) is 0 Å². The summed E-state index contributed by atoms with van der Waals surface area (Å²) in [6.45, 7) is 7.96. The molecule has 0 atom stereocenters. The van der Waals surface area contributed by atoms with E-state index in [4.69, 9.17) is 0 Å². The van der Waals surface area contributed by atoms with E-state index in [-0.39, 0.29) is 45.8 Å². The van der Waals surface area contributed by atoms with Crippen LogP contribution in [0.2, 0.25) is 0 Å². The highest BCUT2D eigenvalue weighted by Crippen LogP contribution is 2.13. The third kappa shape index (κ3) is 28.6. The highest BCUT2D eigenvalue weighted by Gasteiger charge is 2.10. The molecule has 0 fully saturated rings. The fourth-order valence-electron chi connectivity index (χ4n) is 7.00. The Morgan fingerprint density at radius 3 is 0.907 bits per heavy atom. The van der Waals surface area contributed by atoms with Gasteiger partial charge in [-0.05, 0) is 25.7 Å². The van der Waals surface area contributed by atoms with Crippen LogP contribution in [0.3, 0.4) is 0 Å². The smallest absolute Gasteiger partial charge is 0.251 e. The Balaban J connectivity index is 0.0000140. The summed E-state index contributed by atoms with van der Waals surface area (Å²) in [5.74, 6) is 0.00564. The number of aryl methyl sites for hydroxylation is 2. The Hall–Kier alpha value is -1.80. The molecule has 0 aliphatic heterocycles. The van der Waals surface area contributed by atoms with E-state index in [1.807, 2.05) is 49.1 Å². The standard InChI is InChI=1S/C46H78N4O2.2BrH/c1-3-5-7-9-11-13-15-17-19-21-25-29-37-49-39-31-43(32-40-49)45(51)47-35-27-23-24-28-36-48-46(52)44-33-41-50(42-34-44)38-30-26-22-20-18-16-14-12-10-8-6-4-2;;/h31-34,39-42H,3-30,35-38H2,1-2H3;2*1H. The minimum atomic E-state index is 0. The van der Waals surface area contributed by atoms with Gasteiger partial charge in [-0.2, -0.15) is 0 Å². The monoisotopic (exact) mass is 878 g/mol. The van der Waals surface area contributed by atoms with Crippen LogP contribution in [0.1, 0.15) is 214 Å². The summed E-state index contributed by atoms with van der Waals surface area (Å²) in [4.78, 5) is 25.1. The van der Waals surface area contributed by atoms with E-state index in [9.17, 15) is 9.59 Å². The van der Waals surface area contributed by atoms with E-state index in [2.05, 4.69) is 33.6 Å². The predicted molar refractivity (Wildman–Crippen MR) is 219 cm³/mol. The fraction of sp³-hybridized carbons (Fsp3) is 0.739. The highest BCUT2D eigenvalue weighted by molar-refractivity contribution is 5.94. The van der Waals surface area contributed by atoms with Crippen LogP contribution < -0.4 is 53.7 Å². The van der Waals surface area contributed by atoms with Gasteiger partial charge in [0.05, 0.1) is 11.1 Å². The first kappa shape index (κ1) is 52.2. The average molecular weight is 881 g/mol. The number of halogens is 2. The van der Waals surface area contributed by atoms with Crippen molar-refractivity contribution in [1.29, 1.82) is 0 Å². The molecular formula is C46H80Br2N4O2. The molecule has 0 unspecified atom stereocenters. The minimum Gasteiger partial charge on any atom is -1.00 e. The first-order valence-corrected chi connectivity index (χ1v) is 22.2. The number of amides is 2. The lowest BCUT2D eigenvalue weighted by Gasteiger charge is -2.07. The van der Waals surface area contributed by atoms with Gasteiger partial charge >= 0.3 is 0 Å². The van der Waals surface area contributed by atoms with Gasteiger partial charge in [0.25, 0.3) is 11.8 Å². The van der Waals surface area contributed by atoms with Gasteiger partial charge < -0.3 is 44.6 Å². The Kier molecular flexibility index (Phi) is 36.8. The zero-order chi connectivity index (χ0) is 37.2. The molecular weight excluding hydrogens is 800 g/mol. The third-order valence-electron chi connectivity index (χ3n) is 10.5. The molecule has 310 valence electrons. The Labute approximate surface area is 353 Å². The molecule has 0 spiro atoms. The molecule has 0 aromatic carbocycles. The van der Waals surface area contributed by atoms with E-state index in [0.29, 0.717) is 13.1 Å².